The van der Waals surface area contributed by atoms with Gasteiger partial charge in [0.15, 0.2) is 0 Å². The van der Waals surface area contributed by atoms with Gasteiger partial charge in [-0.25, -0.2) is 4.79 Å². The van der Waals surface area contributed by atoms with Gasteiger partial charge >= 0.3 is 11.9 Å². The van der Waals surface area contributed by atoms with Crippen LogP contribution in [0.5, 0.6) is 0 Å². The summed E-state index contributed by atoms with van der Waals surface area (Å²) in [6.45, 7) is -1.71. The number of carboxylic acids is 2. The van der Waals surface area contributed by atoms with Crippen LogP contribution < -0.4 is 43.4 Å². The normalized spacial score (nSPS) is 17.4. The predicted molar refractivity (Wildman–Crippen MR) is 206 cm³/mol. The maximum Gasteiger partial charge on any atom is 0.326 e. The number of hydrogen-bond acceptors (Lipinski definition) is 15. The molecule has 0 saturated carbocycles. The van der Waals surface area contributed by atoms with Crippen molar-refractivity contribution in [2.75, 3.05) is 26.4 Å². The molecule has 8 amide bonds. The van der Waals surface area contributed by atoms with Crippen LogP contribution in [0.15, 0.2) is 30.3 Å². The third-order valence-electron chi connectivity index (χ3n) is 9.26. The van der Waals surface area contributed by atoms with E-state index in [1.165, 1.54) is 0 Å². The number of amides is 8. The van der Waals surface area contributed by atoms with E-state index in [0.29, 0.717) is 5.56 Å². The molecule has 61 heavy (non-hydrogen) atoms. The Morgan fingerprint density at radius 2 is 1.26 bits per heavy atom. The number of carbonyl (C=O) groups is 10. The van der Waals surface area contributed by atoms with Crippen LogP contribution in [0.25, 0.3) is 0 Å². The number of nitrogens with two attached hydrogens (primary N) is 2. The minimum absolute atomic E-state index is 0.0286. The molecular weight excluding hydrogens is 814 g/mol. The second kappa shape index (κ2) is 24.7. The highest BCUT2D eigenvalue weighted by Gasteiger charge is 2.40. The lowest BCUT2D eigenvalue weighted by Gasteiger charge is -2.30. The van der Waals surface area contributed by atoms with E-state index in [2.05, 4.69) is 31.9 Å². The molecule has 0 radical (unpaired) electrons. The van der Waals surface area contributed by atoms with Gasteiger partial charge in [-0.05, 0) is 31.7 Å². The van der Waals surface area contributed by atoms with Crippen molar-refractivity contribution in [3.8, 4) is 0 Å². The number of aliphatic carboxylic acids is 2. The fourth-order valence-electron chi connectivity index (χ4n) is 5.97. The van der Waals surface area contributed by atoms with E-state index >= 15 is 0 Å². The number of rotatable bonds is 25. The van der Waals surface area contributed by atoms with Gasteiger partial charge in [0, 0.05) is 19.4 Å². The number of aliphatic hydroxyl groups is 4. The Morgan fingerprint density at radius 1 is 0.721 bits per heavy atom. The number of nitrogens with one attached hydrogen (secondary N) is 6. The number of primary amides is 1. The lowest BCUT2D eigenvalue weighted by molar-refractivity contribution is -0.144. The maximum absolute atomic E-state index is 13.5. The molecule has 1 saturated heterocycles. The van der Waals surface area contributed by atoms with Crippen LogP contribution in [0.3, 0.4) is 0 Å². The molecule has 2 rings (SSSR count). The van der Waals surface area contributed by atoms with E-state index in [1.54, 1.807) is 30.3 Å². The Labute approximate surface area is 347 Å². The van der Waals surface area contributed by atoms with Gasteiger partial charge in [0.25, 0.3) is 0 Å². The molecule has 1 fully saturated rings. The van der Waals surface area contributed by atoms with Gasteiger partial charge in [-0.15, -0.1) is 0 Å². The lowest BCUT2D eigenvalue weighted by atomic mass is 10.1. The molecule has 1 aromatic rings. The summed E-state index contributed by atoms with van der Waals surface area (Å²) in [4.78, 5) is 128. The molecule has 1 aliphatic rings. The van der Waals surface area contributed by atoms with Crippen molar-refractivity contribution >= 4 is 59.2 Å². The molecule has 0 bridgehead atoms. The summed E-state index contributed by atoms with van der Waals surface area (Å²) in [5.74, 6) is -11.9. The molecule has 1 aliphatic heterocycles. The molecule has 25 nitrogen and oxygen atoms in total. The van der Waals surface area contributed by atoms with Crippen molar-refractivity contribution < 1.29 is 78.6 Å². The molecule has 338 valence electrons. The molecule has 0 aliphatic carbocycles. The Bertz CT molecular complexity index is 1750. The van der Waals surface area contributed by atoms with Crippen molar-refractivity contribution in [3.63, 3.8) is 0 Å². The number of carboxylic acid groups (broad SMARTS) is 2. The quantitative estimate of drug-likeness (QED) is 0.0434. The van der Waals surface area contributed by atoms with Gasteiger partial charge < -0.3 is 78.9 Å². The average Bonchev–Trinajstić information content (AvgIpc) is 3.71. The van der Waals surface area contributed by atoms with E-state index in [4.69, 9.17) is 16.6 Å². The number of hydrogen-bond donors (Lipinski definition) is 14. The van der Waals surface area contributed by atoms with Crippen molar-refractivity contribution in [2.45, 2.75) is 99.9 Å². The maximum atomic E-state index is 13.5. The fourth-order valence-corrected chi connectivity index (χ4v) is 5.97. The molecule has 1 heterocycles. The minimum atomic E-state index is -1.92. The zero-order valence-electron chi connectivity index (χ0n) is 33.0. The third kappa shape index (κ3) is 16.0. The van der Waals surface area contributed by atoms with Crippen LogP contribution in [-0.4, -0.2) is 176 Å². The minimum Gasteiger partial charge on any atom is -0.481 e. The summed E-state index contributed by atoms with van der Waals surface area (Å²) in [6.07, 6.45) is -3.92. The van der Waals surface area contributed by atoms with E-state index in [0.717, 1.165) is 11.8 Å². The van der Waals surface area contributed by atoms with Gasteiger partial charge in [-0.2, -0.15) is 0 Å². The Hall–Kier alpha value is -6.28. The summed E-state index contributed by atoms with van der Waals surface area (Å²) in [5, 5.41) is 71.2. The molecule has 1 aromatic carbocycles. The van der Waals surface area contributed by atoms with Gasteiger partial charge in [0.05, 0.1) is 32.3 Å². The number of likely N-dealkylation sites (tertiary alicyclic amines) is 1. The van der Waals surface area contributed by atoms with E-state index in [1.807, 2.05) is 0 Å². The van der Waals surface area contributed by atoms with Crippen molar-refractivity contribution in [1.82, 2.24) is 36.8 Å². The van der Waals surface area contributed by atoms with Crippen LogP contribution in [0.2, 0.25) is 0 Å². The summed E-state index contributed by atoms with van der Waals surface area (Å²) in [6, 6.07) is -5.04. The monoisotopic (exact) mass is 867 g/mol. The second-order valence-electron chi connectivity index (χ2n) is 14.0. The Morgan fingerprint density at radius 3 is 1.80 bits per heavy atom. The predicted octanol–water partition coefficient (Wildman–Crippen LogP) is -7.36. The van der Waals surface area contributed by atoms with Gasteiger partial charge in [-0.3, -0.25) is 43.2 Å². The third-order valence-corrected chi connectivity index (χ3v) is 9.26. The van der Waals surface area contributed by atoms with Crippen LogP contribution >= 0.6 is 0 Å². The first kappa shape index (κ1) is 50.9. The molecule has 0 spiro atoms. The largest absolute Gasteiger partial charge is 0.481 e. The summed E-state index contributed by atoms with van der Waals surface area (Å²) in [5.41, 5.74) is 11.3. The summed E-state index contributed by atoms with van der Waals surface area (Å²) in [7, 11) is 0. The molecule has 9 atom stereocenters. The van der Waals surface area contributed by atoms with Crippen molar-refractivity contribution in [2.24, 2.45) is 11.5 Å². The summed E-state index contributed by atoms with van der Waals surface area (Å²) >= 11 is 0. The van der Waals surface area contributed by atoms with Crippen LogP contribution in [0.4, 0.5) is 0 Å². The van der Waals surface area contributed by atoms with Crippen LogP contribution in [-0.2, 0) is 54.4 Å². The first-order chi connectivity index (χ1) is 28.7. The number of nitrogens with zero attached hydrogens (tertiary/aromatic N) is 1. The van der Waals surface area contributed by atoms with Crippen LogP contribution in [0, 0.1) is 0 Å². The first-order valence-electron chi connectivity index (χ1n) is 18.9. The SMILES string of the molecule is CC(O)C(NC(=O)C1CCCN1C(=O)C(CO)NC(=O)C(N)CO)C(=O)NC(CCC(=O)O)C(=O)NC(CC(N)=O)C(=O)NC(CO)C(=O)NC(Cc1ccccc1)C(=O)O. The highest BCUT2D eigenvalue weighted by molar-refractivity contribution is 5.99. The molecule has 16 N–H and O–H groups in total. The number of benzene rings is 1. The standard InChI is InChI=1S/C36H53N9O16/c1-17(49)28(44-33(57)25-8-5-11-45(25)35(59)24(16-48)43-29(53)19(37)14-46)34(58)39-20(9-10-27(51)52)30(54)40-21(13-26(38)50)31(55)42-23(15-47)32(56)41-22(36(60)61)12-18-6-3-2-4-7-18/h2-4,6-7,17,19-25,28,46-49H,5,8-16,37H2,1H3,(H2,38,50)(H,39,58)(H,40,54)(H,41,56)(H,42,55)(H,43,53)(H,44,57)(H,51,52)(H,60,61). The van der Waals surface area contributed by atoms with Gasteiger partial charge in [-0.1, -0.05) is 30.3 Å². The molecule has 0 aromatic heterocycles. The molecular formula is C36H53N9O16. The fraction of sp³-hybridized carbons (Fsp3) is 0.556. The number of aliphatic hydroxyl groups excluding tert-OH is 4. The average molecular weight is 868 g/mol. The zero-order valence-corrected chi connectivity index (χ0v) is 33.0. The second-order valence-corrected chi connectivity index (χ2v) is 14.0. The van der Waals surface area contributed by atoms with Crippen LogP contribution in [0.1, 0.15) is 44.6 Å². The Kier molecular flexibility index (Phi) is 20.6. The van der Waals surface area contributed by atoms with E-state index < -0.39 is 153 Å². The number of carbonyl (C=O) groups excluding carboxylic acids is 8. The van der Waals surface area contributed by atoms with E-state index in [9.17, 15) is 73.5 Å². The van der Waals surface area contributed by atoms with Crippen molar-refractivity contribution in [3.05, 3.63) is 35.9 Å². The zero-order chi connectivity index (χ0) is 46.0. The van der Waals surface area contributed by atoms with Gasteiger partial charge in [0.2, 0.25) is 47.3 Å². The van der Waals surface area contributed by atoms with E-state index in [-0.39, 0.29) is 25.8 Å². The highest BCUT2D eigenvalue weighted by Crippen LogP contribution is 2.19. The smallest absolute Gasteiger partial charge is 0.326 e. The molecule has 25 heteroatoms. The highest BCUT2D eigenvalue weighted by atomic mass is 16.4. The Balaban J connectivity index is 2.24. The van der Waals surface area contributed by atoms with Crippen molar-refractivity contribution in [1.29, 1.82) is 0 Å². The molecule has 9 unspecified atom stereocenters. The first-order valence-corrected chi connectivity index (χ1v) is 18.9. The van der Waals surface area contributed by atoms with Gasteiger partial charge in [0.1, 0.15) is 48.3 Å². The topological polar surface area (TPSA) is 420 Å². The summed E-state index contributed by atoms with van der Waals surface area (Å²) < 4.78 is 0. The lowest BCUT2D eigenvalue weighted by Crippen LogP contribution is -2.62.